The fourth-order valence-corrected chi connectivity index (χ4v) is 4.51. The van der Waals surface area contributed by atoms with E-state index in [-0.39, 0.29) is 5.91 Å². The van der Waals surface area contributed by atoms with Gasteiger partial charge in [-0.2, -0.15) is 0 Å². The van der Waals surface area contributed by atoms with Gasteiger partial charge >= 0.3 is 6.09 Å². The van der Waals surface area contributed by atoms with E-state index in [1.54, 1.807) is 17.3 Å². The molecule has 0 radical (unpaired) electrons. The van der Waals surface area contributed by atoms with Crippen molar-refractivity contribution >= 4 is 22.9 Å². The zero-order valence-electron chi connectivity index (χ0n) is 18.1. The van der Waals surface area contributed by atoms with Gasteiger partial charge in [0.15, 0.2) is 0 Å². The van der Waals surface area contributed by atoms with Gasteiger partial charge in [0.2, 0.25) is 0 Å². The standard InChI is InChI=1S/C26H24N4O3/c31-25(28-13-15-29(16-14-28)26(32)33)24-21-18-27-12-11-22(21)30(20-9-5-2-6-10-20)23(24)17-19-7-3-1-4-8-19/h1-12,18H,13-17H2,(H,32,33). The Bertz CT molecular complexity index is 1290. The minimum Gasteiger partial charge on any atom is -0.465 e. The molecule has 0 saturated carbocycles. The minimum absolute atomic E-state index is 0.0846. The van der Waals surface area contributed by atoms with Crippen molar-refractivity contribution in [3.05, 3.63) is 95.9 Å². The molecular formula is C26H24N4O3. The van der Waals surface area contributed by atoms with Crippen LogP contribution in [-0.2, 0) is 6.42 Å². The normalized spacial score (nSPS) is 13.9. The summed E-state index contributed by atoms with van der Waals surface area (Å²) in [6, 6.07) is 22.1. The number of aromatic nitrogens is 2. The van der Waals surface area contributed by atoms with E-state index in [2.05, 4.69) is 21.7 Å². The van der Waals surface area contributed by atoms with Crippen molar-refractivity contribution in [1.29, 1.82) is 0 Å². The number of carbonyl (C=O) groups excluding carboxylic acids is 1. The van der Waals surface area contributed by atoms with Gasteiger partial charge in [-0.25, -0.2) is 4.79 Å². The van der Waals surface area contributed by atoms with Gasteiger partial charge < -0.3 is 19.5 Å². The quantitative estimate of drug-likeness (QED) is 0.519. The third-order valence-electron chi connectivity index (χ3n) is 6.15. The Labute approximate surface area is 191 Å². The third-order valence-corrected chi connectivity index (χ3v) is 6.15. The molecule has 0 aliphatic carbocycles. The monoisotopic (exact) mass is 440 g/mol. The first-order valence-electron chi connectivity index (χ1n) is 11.0. The third kappa shape index (κ3) is 3.93. The largest absolute Gasteiger partial charge is 0.465 e. The van der Waals surface area contributed by atoms with Gasteiger partial charge in [0, 0.05) is 61.8 Å². The van der Waals surface area contributed by atoms with Crippen molar-refractivity contribution in [3.8, 4) is 5.69 Å². The Kier molecular flexibility index (Phi) is 5.52. The maximum absolute atomic E-state index is 13.9. The number of para-hydroxylation sites is 1. The molecule has 7 heteroatoms. The maximum atomic E-state index is 13.9. The van der Waals surface area contributed by atoms with Crippen LogP contribution < -0.4 is 0 Å². The van der Waals surface area contributed by atoms with Crippen LogP contribution in [0.1, 0.15) is 21.6 Å². The lowest BCUT2D eigenvalue weighted by Gasteiger charge is -2.33. The summed E-state index contributed by atoms with van der Waals surface area (Å²) < 4.78 is 2.14. The van der Waals surface area contributed by atoms with E-state index in [9.17, 15) is 14.7 Å². The number of amides is 2. The lowest BCUT2D eigenvalue weighted by molar-refractivity contribution is 0.0625. The van der Waals surface area contributed by atoms with E-state index in [4.69, 9.17) is 0 Å². The van der Waals surface area contributed by atoms with E-state index >= 15 is 0 Å². The second-order valence-electron chi connectivity index (χ2n) is 8.11. The first kappa shape index (κ1) is 20.8. The van der Waals surface area contributed by atoms with Crippen LogP contribution in [0.4, 0.5) is 4.79 Å². The molecule has 0 bridgehead atoms. The van der Waals surface area contributed by atoms with Gasteiger partial charge in [0.25, 0.3) is 5.91 Å². The molecule has 1 aliphatic heterocycles. The summed E-state index contributed by atoms with van der Waals surface area (Å²) in [7, 11) is 0. The van der Waals surface area contributed by atoms with Crippen molar-refractivity contribution in [2.75, 3.05) is 26.2 Å². The molecular weight excluding hydrogens is 416 g/mol. The second-order valence-corrected chi connectivity index (χ2v) is 8.11. The van der Waals surface area contributed by atoms with Crippen LogP contribution in [-0.4, -0.2) is 62.6 Å². The summed E-state index contributed by atoms with van der Waals surface area (Å²) in [5.41, 5.74) is 4.55. The lowest BCUT2D eigenvalue weighted by Crippen LogP contribution is -2.50. The Hall–Kier alpha value is -4.13. The summed E-state index contributed by atoms with van der Waals surface area (Å²) >= 11 is 0. The van der Waals surface area contributed by atoms with Gasteiger partial charge in [0.05, 0.1) is 11.1 Å². The molecule has 0 unspecified atom stereocenters. The summed E-state index contributed by atoms with van der Waals surface area (Å²) in [6.45, 7) is 1.36. The van der Waals surface area contributed by atoms with E-state index in [0.717, 1.165) is 27.8 Å². The smallest absolute Gasteiger partial charge is 0.407 e. The predicted molar refractivity (Wildman–Crippen MR) is 126 cm³/mol. The molecule has 0 atom stereocenters. The Balaban J connectivity index is 1.65. The highest BCUT2D eigenvalue weighted by molar-refractivity contribution is 6.09. The average Bonchev–Trinajstić information content (AvgIpc) is 3.18. The molecule has 1 fully saturated rings. The van der Waals surface area contributed by atoms with Gasteiger partial charge in [-0.1, -0.05) is 48.5 Å². The number of benzene rings is 2. The van der Waals surface area contributed by atoms with Crippen LogP contribution in [0.3, 0.4) is 0 Å². The molecule has 2 aromatic heterocycles. The molecule has 7 nitrogen and oxygen atoms in total. The Morgan fingerprint density at radius 1 is 0.848 bits per heavy atom. The number of pyridine rings is 1. The number of carboxylic acid groups (broad SMARTS) is 1. The van der Waals surface area contributed by atoms with Gasteiger partial charge in [0.1, 0.15) is 0 Å². The topological polar surface area (TPSA) is 78.7 Å². The van der Waals surface area contributed by atoms with Crippen LogP contribution in [0, 0.1) is 0 Å². The predicted octanol–water partition coefficient (Wildman–Crippen LogP) is 4.05. The van der Waals surface area contributed by atoms with Crippen molar-refractivity contribution in [3.63, 3.8) is 0 Å². The molecule has 0 spiro atoms. The molecule has 5 rings (SSSR count). The molecule has 2 amide bonds. The molecule has 1 aliphatic rings. The zero-order chi connectivity index (χ0) is 22.8. The van der Waals surface area contributed by atoms with Crippen LogP contribution in [0.2, 0.25) is 0 Å². The highest BCUT2D eigenvalue weighted by atomic mass is 16.4. The molecule has 2 aromatic carbocycles. The van der Waals surface area contributed by atoms with Crippen LogP contribution in [0.5, 0.6) is 0 Å². The minimum atomic E-state index is -0.947. The van der Waals surface area contributed by atoms with Crippen molar-refractivity contribution in [2.24, 2.45) is 0 Å². The number of rotatable bonds is 4. The Morgan fingerprint density at radius 3 is 2.15 bits per heavy atom. The zero-order valence-corrected chi connectivity index (χ0v) is 18.1. The van der Waals surface area contributed by atoms with Gasteiger partial charge in [-0.3, -0.25) is 9.78 Å². The number of piperazine rings is 1. The van der Waals surface area contributed by atoms with Gasteiger partial charge in [-0.15, -0.1) is 0 Å². The Morgan fingerprint density at radius 2 is 1.48 bits per heavy atom. The van der Waals surface area contributed by atoms with E-state index in [1.807, 2.05) is 54.6 Å². The molecule has 166 valence electrons. The molecule has 1 saturated heterocycles. The first-order valence-corrected chi connectivity index (χ1v) is 11.0. The van der Waals surface area contributed by atoms with Crippen molar-refractivity contribution in [1.82, 2.24) is 19.4 Å². The number of hydrogen-bond donors (Lipinski definition) is 1. The van der Waals surface area contributed by atoms with Crippen molar-refractivity contribution in [2.45, 2.75) is 6.42 Å². The summed E-state index contributed by atoms with van der Waals surface area (Å²) in [5.74, 6) is -0.0846. The fraction of sp³-hybridized carbons (Fsp3) is 0.192. The molecule has 4 aromatic rings. The van der Waals surface area contributed by atoms with Crippen LogP contribution in [0.15, 0.2) is 79.1 Å². The van der Waals surface area contributed by atoms with Gasteiger partial charge in [-0.05, 0) is 23.8 Å². The number of hydrogen-bond acceptors (Lipinski definition) is 3. The SMILES string of the molecule is O=C(O)N1CCN(C(=O)c2c(Cc3ccccc3)n(-c3ccccc3)c3ccncc23)CC1. The number of carbonyl (C=O) groups is 2. The second kappa shape index (κ2) is 8.78. The fourth-order valence-electron chi connectivity index (χ4n) is 4.51. The van der Waals surface area contributed by atoms with E-state index < -0.39 is 6.09 Å². The van der Waals surface area contributed by atoms with Crippen molar-refractivity contribution < 1.29 is 14.7 Å². The molecule has 3 heterocycles. The molecule has 33 heavy (non-hydrogen) atoms. The maximum Gasteiger partial charge on any atom is 0.407 e. The summed E-state index contributed by atoms with van der Waals surface area (Å²) in [6.07, 6.45) is 3.13. The lowest BCUT2D eigenvalue weighted by atomic mass is 10.0. The highest BCUT2D eigenvalue weighted by Gasteiger charge is 2.30. The summed E-state index contributed by atoms with van der Waals surface area (Å²) in [4.78, 5) is 32.6. The van der Waals surface area contributed by atoms with E-state index in [0.29, 0.717) is 38.2 Å². The number of nitrogens with zero attached hydrogens (tertiary/aromatic N) is 4. The summed E-state index contributed by atoms with van der Waals surface area (Å²) in [5, 5.41) is 10.1. The molecule has 1 N–H and O–H groups in total. The van der Waals surface area contributed by atoms with E-state index in [1.165, 1.54) is 4.90 Å². The first-order chi connectivity index (χ1) is 16.1. The van der Waals surface area contributed by atoms with Crippen LogP contribution >= 0.6 is 0 Å². The average molecular weight is 441 g/mol. The highest BCUT2D eigenvalue weighted by Crippen LogP contribution is 2.32. The number of fused-ring (bicyclic) bond motifs is 1. The van der Waals surface area contributed by atoms with Crippen LogP contribution in [0.25, 0.3) is 16.6 Å².